The fourth-order valence-electron chi connectivity index (χ4n) is 1.56. The van der Waals surface area contributed by atoms with Gasteiger partial charge in [-0.05, 0) is 33.0 Å². The number of rotatable bonds is 3. The van der Waals surface area contributed by atoms with Crippen LogP contribution in [0.4, 0.5) is 4.39 Å². The van der Waals surface area contributed by atoms with Gasteiger partial charge in [0.25, 0.3) is 0 Å². The lowest BCUT2D eigenvalue weighted by Crippen LogP contribution is -2.12. The average Bonchev–Trinajstić information content (AvgIpc) is 2.80. The smallest absolute Gasteiger partial charge is 0.133 e. The average molecular weight is 250 g/mol. The molecule has 0 fully saturated rings. The second-order valence-corrected chi connectivity index (χ2v) is 4.93. The van der Waals surface area contributed by atoms with Gasteiger partial charge in [0, 0.05) is 17.0 Å². The Balaban J connectivity index is 2.40. The quantitative estimate of drug-likeness (QED) is 0.901. The first kappa shape index (κ1) is 12.2. The Kier molecular flexibility index (Phi) is 3.54. The molecule has 17 heavy (non-hydrogen) atoms. The molecule has 1 heterocycles. The number of thiazole rings is 1. The maximum absolute atomic E-state index is 13.7. The third-order valence-corrected chi connectivity index (χ3v) is 3.64. The first-order valence-electron chi connectivity index (χ1n) is 5.51. The standard InChI is InChI=1S/C13H15FN2S/c1-8-4-5-11(14)10(6-8)13-16-12(7-17-13)9(2)15-3/h4-7,9,15H,1-3H3. The van der Waals surface area contributed by atoms with Crippen LogP contribution >= 0.6 is 11.3 Å². The minimum Gasteiger partial charge on any atom is -0.312 e. The number of aryl methyl sites for hydroxylation is 1. The molecule has 0 aliphatic rings. The van der Waals surface area contributed by atoms with E-state index in [1.54, 1.807) is 6.07 Å². The molecule has 0 aliphatic carbocycles. The molecule has 2 nitrogen and oxygen atoms in total. The molecule has 0 aliphatic heterocycles. The van der Waals surface area contributed by atoms with Crippen LogP contribution in [0.1, 0.15) is 24.2 Å². The zero-order chi connectivity index (χ0) is 12.4. The molecule has 1 aromatic carbocycles. The van der Waals surface area contributed by atoms with E-state index in [4.69, 9.17) is 0 Å². The largest absolute Gasteiger partial charge is 0.312 e. The molecule has 0 bridgehead atoms. The number of nitrogens with zero attached hydrogens (tertiary/aromatic N) is 1. The van der Waals surface area contributed by atoms with Gasteiger partial charge in [-0.15, -0.1) is 11.3 Å². The van der Waals surface area contributed by atoms with Gasteiger partial charge in [-0.25, -0.2) is 9.37 Å². The van der Waals surface area contributed by atoms with Gasteiger partial charge in [0.15, 0.2) is 0 Å². The van der Waals surface area contributed by atoms with E-state index in [1.165, 1.54) is 17.4 Å². The number of hydrogen-bond donors (Lipinski definition) is 1. The molecule has 0 radical (unpaired) electrons. The van der Waals surface area contributed by atoms with Crippen LogP contribution in [0.2, 0.25) is 0 Å². The van der Waals surface area contributed by atoms with Crippen molar-refractivity contribution in [2.45, 2.75) is 19.9 Å². The number of hydrogen-bond acceptors (Lipinski definition) is 3. The minimum absolute atomic E-state index is 0.188. The molecule has 2 aromatic rings. The lowest BCUT2D eigenvalue weighted by atomic mass is 10.1. The van der Waals surface area contributed by atoms with E-state index >= 15 is 0 Å². The summed E-state index contributed by atoms with van der Waals surface area (Å²) in [7, 11) is 1.89. The van der Waals surface area contributed by atoms with Crippen LogP contribution < -0.4 is 5.32 Å². The van der Waals surface area contributed by atoms with Crippen LogP contribution in [-0.2, 0) is 0 Å². The monoisotopic (exact) mass is 250 g/mol. The Bertz CT molecular complexity index is 522. The van der Waals surface area contributed by atoms with Crippen molar-refractivity contribution >= 4 is 11.3 Å². The van der Waals surface area contributed by atoms with Crippen molar-refractivity contribution in [1.82, 2.24) is 10.3 Å². The van der Waals surface area contributed by atoms with E-state index in [0.717, 1.165) is 16.3 Å². The molecule has 0 saturated heterocycles. The summed E-state index contributed by atoms with van der Waals surface area (Å²) in [5, 5.41) is 5.83. The Hall–Kier alpha value is -1.26. The van der Waals surface area contributed by atoms with E-state index in [0.29, 0.717) is 5.56 Å². The highest BCUT2D eigenvalue weighted by Crippen LogP contribution is 2.28. The molecule has 1 atom stereocenters. The van der Waals surface area contributed by atoms with Gasteiger partial charge in [-0.2, -0.15) is 0 Å². The summed E-state index contributed by atoms with van der Waals surface area (Å²) in [6.07, 6.45) is 0. The molecule has 1 aromatic heterocycles. The van der Waals surface area contributed by atoms with Gasteiger partial charge < -0.3 is 5.32 Å². The second kappa shape index (κ2) is 4.94. The van der Waals surface area contributed by atoms with Gasteiger partial charge in [0.05, 0.1) is 5.69 Å². The van der Waals surface area contributed by atoms with Gasteiger partial charge >= 0.3 is 0 Å². The summed E-state index contributed by atoms with van der Waals surface area (Å²) in [5.41, 5.74) is 2.58. The molecule has 0 amide bonds. The van der Waals surface area contributed by atoms with Crippen LogP contribution in [0, 0.1) is 12.7 Å². The maximum Gasteiger partial charge on any atom is 0.133 e. The summed E-state index contributed by atoms with van der Waals surface area (Å²) in [6.45, 7) is 3.99. The Morgan fingerprint density at radius 3 is 2.88 bits per heavy atom. The fourth-order valence-corrected chi connectivity index (χ4v) is 2.49. The maximum atomic E-state index is 13.7. The highest BCUT2D eigenvalue weighted by molar-refractivity contribution is 7.13. The van der Waals surface area contributed by atoms with Crippen LogP contribution in [0.25, 0.3) is 10.6 Å². The van der Waals surface area contributed by atoms with E-state index in [-0.39, 0.29) is 11.9 Å². The van der Waals surface area contributed by atoms with Crippen LogP contribution in [-0.4, -0.2) is 12.0 Å². The van der Waals surface area contributed by atoms with E-state index in [1.807, 2.05) is 32.3 Å². The van der Waals surface area contributed by atoms with Crippen molar-refractivity contribution in [2.24, 2.45) is 0 Å². The lowest BCUT2D eigenvalue weighted by molar-refractivity contribution is 0.628. The predicted molar refractivity (Wildman–Crippen MR) is 69.7 cm³/mol. The Labute approximate surface area is 105 Å². The van der Waals surface area contributed by atoms with Crippen LogP contribution in [0.15, 0.2) is 23.6 Å². The minimum atomic E-state index is -0.214. The number of aromatic nitrogens is 1. The normalized spacial score (nSPS) is 12.7. The summed E-state index contributed by atoms with van der Waals surface area (Å²) in [6, 6.07) is 5.28. The fraction of sp³-hybridized carbons (Fsp3) is 0.308. The van der Waals surface area contributed by atoms with Gasteiger partial charge in [0.2, 0.25) is 0 Å². The van der Waals surface area contributed by atoms with Crippen LogP contribution in [0.5, 0.6) is 0 Å². The molecule has 1 N–H and O–H groups in total. The highest BCUT2D eigenvalue weighted by Gasteiger charge is 2.12. The van der Waals surface area contributed by atoms with Gasteiger partial charge in [-0.3, -0.25) is 0 Å². The molecule has 2 rings (SSSR count). The summed E-state index contributed by atoms with van der Waals surface area (Å²) in [4.78, 5) is 4.47. The Morgan fingerprint density at radius 2 is 2.18 bits per heavy atom. The van der Waals surface area contributed by atoms with Crippen molar-refractivity contribution < 1.29 is 4.39 Å². The number of nitrogens with one attached hydrogen (secondary N) is 1. The second-order valence-electron chi connectivity index (χ2n) is 4.07. The topological polar surface area (TPSA) is 24.9 Å². The molecular weight excluding hydrogens is 235 g/mol. The molecule has 0 spiro atoms. The summed E-state index contributed by atoms with van der Waals surface area (Å²) in [5.74, 6) is -0.214. The first-order valence-corrected chi connectivity index (χ1v) is 6.39. The first-order chi connectivity index (χ1) is 8.11. The Morgan fingerprint density at radius 1 is 1.41 bits per heavy atom. The molecule has 0 saturated carbocycles. The number of halogens is 1. The van der Waals surface area contributed by atoms with E-state index in [2.05, 4.69) is 10.3 Å². The van der Waals surface area contributed by atoms with Gasteiger partial charge in [0.1, 0.15) is 10.8 Å². The third kappa shape index (κ3) is 2.53. The van der Waals surface area contributed by atoms with Crippen molar-refractivity contribution in [3.05, 3.63) is 40.7 Å². The van der Waals surface area contributed by atoms with Crippen molar-refractivity contribution in [3.8, 4) is 10.6 Å². The third-order valence-electron chi connectivity index (χ3n) is 2.75. The molecule has 4 heteroatoms. The molecule has 90 valence electrons. The lowest BCUT2D eigenvalue weighted by Gasteiger charge is -2.05. The number of benzene rings is 1. The highest BCUT2D eigenvalue weighted by atomic mass is 32.1. The van der Waals surface area contributed by atoms with Crippen LogP contribution in [0.3, 0.4) is 0 Å². The zero-order valence-electron chi connectivity index (χ0n) is 10.1. The van der Waals surface area contributed by atoms with Crippen molar-refractivity contribution in [2.75, 3.05) is 7.05 Å². The van der Waals surface area contributed by atoms with Gasteiger partial charge in [-0.1, -0.05) is 11.6 Å². The van der Waals surface area contributed by atoms with Crippen molar-refractivity contribution in [1.29, 1.82) is 0 Å². The van der Waals surface area contributed by atoms with E-state index in [9.17, 15) is 4.39 Å². The molecular formula is C13H15FN2S. The summed E-state index contributed by atoms with van der Waals surface area (Å²) < 4.78 is 13.7. The summed E-state index contributed by atoms with van der Waals surface area (Å²) >= 11 is 1.48. The SMILES string of the molecule is CNC(C)c1csc(-c2cc(C)ccc2F)n1. The predicted octanol–water partition coefficient (Wildman–Crippen LogP) is 3.54. The zero-order valence-corrected chi connectivity index (χ0v) is 10.9. The van der Waals surface area contributed by atoms with E-state index < -0.39 is 0 Å². The molecule has 1 unspecified atom stereocenters. The van der Waals surface area contributed by atoms with Crippen molar-refractivity contribution in [3.63, 3.8) is 0 Å².